The molecule has 2 aromatic heterocycles. The Balaban J connectivity index is 1.48. The largest absolute Gasteiger partial charge is 0.463 e. The van der Waals surface area contributed by atoms with E-state index in [1.807, 2.05) is 0 Å². The van der Waals surface area contributed by atoms with Gasteiger partial charge >= 0.3 is 5.97 Å². The van der Waals surface area contributed by atoms with E-state index in [2.05, 4.69) is 15.4 Å². The van der Waals surface area contributed by atoms with Gasteiger partial charge in [-0.15, -0.1) is 0 Å². The zero-order chi connectivity index (χ0) is 22.2. The van der Waals surface area contributed by atoms with Crippen molar-refractivity contribution >= 4 is 17.3 Å². The molecule has 11 heteroatoms. The first kappa shape index (κ1) is 21.9. The number of nitrogen functional groups attached to an aromatic ring is 1. The third kappa shape index (κ3) is 3.87. The number of carbonyl (C=O) groups is 1. The number of carbonyl (C=O) groups excluding carboxylic acids is 1. The van der Waals surface area contributed by atoms with E-state index < -0.39 is 35.5 Å². The van der Waals surface area contributed by atoms with Gasteiger partial charge < -0.3 is 31.2 Å². The molecule has 1 aliphatic carbocycles. The van der Waals surface area contributed by atoms with E-state index in [1.54, 1.807) is 19.2 Å². The second-order valence-corrected chi connectivity index (χ2v) is 8.52. The molecule has 0 amide bonds. The summed E-state index contributed by atoms with van der Waals surface area (Å²) in [6, 6.07) is 3.38. The van der Waals surface area contributed by atoms with E-state index in [0.29, 0.717) is 11.2 Å². The number of ether oxygens (including phenoxy) is 2. The monoisotopic (exact) mass is 434 g/mol. The van der Waals surface area contributed by atoms with Crippen molar-refractivity contribution in [1.82, 2.24) is 19.9 Å². The van der Waals surface area contributed by atoms with Crippen molar-refractivity contribution in [2.75, 3.05) is 19.4 Å². The number of nitrogens with one attached hydrogen (secondary N) is 1. The normalized spacial score (nSPS) is 30.5. The van der Waals surface area contributed by atoms with E-state index in [4.69, 9.17) is 20.9 Å². The van der Waals surface area contributed by atoms with Gasteiger partial charge in [0.25, 0.3) is 0 Å². The van der Waals surface area contributed by atoms with Crippen LogP contribution in [-0.4, -0.2) is 68.3 Å². The molecule has 0 radical (unpaired) electrons. The standard InChI is InChI=1S/C20H30N6O5/c1-23-20(14-6-5-12-18(21)24-11-25-26(12)14)17(29)16(28)13(31-20)10-30-15(27)9-19(22)7-3-2-4-8-19/h5-6,11,13,16-17,23,28-29H,2-4,7-10,22H2,1H3,(H2,21,24,25)/t13-,16-,17-,20+/m1/s1. The van der Waals surface area contributed by atoms with Crippen LogP contribution in [0.1, 0.15) is 44.2 Å². The van der Waals surface area contributed by atoms with Crippen LogP contribution in [0.3, 0.4) is 0 Å². The van der Waals surface area contributed by atoms with Crippen LogP contribution in [0, 0.1) is 0 Å². The molecule has 0 aromatic carbocycles. The van der Waals surface area contributed by atoms with E-state index in [9.17, 15) is 15.0 Å². The van der Waals surface area contributed by atoms with Crippen LogP contribution >= 0.6 is 0 Å². The lowest BCUT2D eigenvalue weighted by atomic mass is 9.80. The summed E-state index contributed by atoms with van der Waals surface area (Å²) in [5.74, 6) is -0.172. The number of fused-ring (bicyclic) bond motifs is 1. The highest BCUT2D eigenvalue weighted by Gasteiger charge is 2.56. The Morgan fingerprint density at radius 3 is 2.81 bits per heavy atom. The van der Waals surface area contributed by atoms with Crippen molar-refractivity contribution < 1.29 is 24.5 Å². The minimum absolute atomic E-state index is 0.120. The molecular formula is C20H30N6O5. The number of nitrogens with zero attached hydrogens (tertiary/aromatic N) is 3. The first-order valence-corrected chi connectivity index (χ1v) is 10.6. The Kier molecular flexibility index (Phi) is 5.88. The molecule has 2 aromatic rings. The summed E-state index contributed by atoms with van der Waals surface area (Å²) in [5, 5.41) is 28.6. The SMILES string of the molecule is CN[C@@]1(c2ccc3c(N)ncnn23)O[C@H](COC(=O)CC2(N)CCCCC2)[C@@H](O)[C@H]1O. The molecule has 4 atom stereocenters. The fourth-order valence-electron chi connectivity index (χ4n) is 4.68. The Bertz CT molecular complexity index is 945. The molecule has 4 rings (SSSR count). The lowest BCUT2D eigenvalue weighted by molar-refractivity contribution is -0.156. The number of likely N-dealkylation sites (N-methyl/N-ethyl adjacent to an activating group) is 1. The molecule has 31 heavy (non-hydrogen) atoms. The minimum Gasteiger partial charge on any atom is -0.463 e. The van der Waals surface area contributed by atoms with Gasteiger partial charge in [-0.05, 0) is 32.0 Å². The molecule has 1 saturated carbocycles. The van der Waals surface area contributed by atoms with Crippen LogP contribution in [0.5, 0.6) is 0 Å². The van der Waals surface area contributed by atoms with E-state index in [1.165, 1.54) is 10.8 Å². The number of esters is 1. The first-order chi connectivity index (χ1) is 14.8. The molecule has 1 aliphatic heterocycles. The summed E-state index contributed by atoms with van der Waals surface area (Å²) >= 11 is 0. The van der Waals surface area contributed by atoms with Gasteiger partial charge in [0.15, 0.2) is 11.5 Å². The van der Waals surface area contributed by atoms with Gasteiger partial charge in [0, 0.05) is 5.54 Å². The molecule has 170 valence electrons. The maximum absolute atomic E-state index is 12.4. The fraction of sp³-hybridized carbons (Fsp3) is 0.650. The Hall–Kier alpha value is -2.31. The summed E-state index contributed by atoms with van der Waals surface area (Å²) in [6.45, 7) is -0.211. The maximum Gasteiger partial charge on any atom is 0.307 e. The maximum atomic E-state index is 12.4. The van der Waals surface area contributed by atoms with Gasteiger partial charge in [-0.3, -0.25) is 10.1 Å². The lowest BCUT2D eigenvalue weighted by Gasteiger charge is -2.32. The Morgan fingerprint density at radius 1 is 1.35 bits per heavy atom. The summed E-state index contributed by atoms with van der Waals surface area (Å²) < 4.78 is 12.9. The molecule has 0 unspecified atom stereocenters. The lowest BCUT2D eigenvalue weighted by Crippen LogP contribution is -2.51. The molecule has 0 bridgehead atoms. The predicted molar refractivity (Wildman–Crippen MR) is 111 cm³/mol. The number of aliphatic hydroxyl groups is 2. The number of hydrogen-bond acceptors (Lipinski definition) is 10. The highest BCUT2D eigenvalue weighted by Crippen LogP contribution is 2.38. The zero-order valence-corrected chi connectivity index (χ0v) is 17.5. The number of aliphatic hydroxyl groups excluding tert-OH is 2. The van der Waals surface area contributed by atoms with Crippen LogP contribution in [0.15, 0.2) is 18.5 Å². The Labute approximate surface area is 179 Å². The van der Waals surface area contributed by atoms with Crippen LogP contribution in [-0.2, 0) is 20.0 Å². The van der Waals surface area contributed by atoms with Crippen LogP contribution in [0.2, 0.25) is 0 Å². The highest BCUT2D eigenvalue weighted by molar-refractivity contribution is 5.71. The Morgan fingerprint density at radius 2 is 2.10 bits per heavy atom. The van der Waals surface area contributed by atoms with Crippen molar-refractivity contribution in [3.63, 3.8) is 0 Å². The average Bonchev–Trinajstić information content (AvgIpc) is 3.29. The van der Waals surface area contributed by atoms with E-state index >= 15 is 0 Å². The zero-order valence-electron chi connectivity index (χ0n) is 17.5. The molecule has 3 heterocycles. The smallest absolute Gasteiger partial charge is 0.307 e. The van der Waals surface area contributed by atoms with Crippen LogP contribution in [0.25, 0.3) is 5.52 Å². The van der Waals surface area contributed by atoms with Gasteiger partial charge in [0.1, 0.15) is 36.8 Å². The average molecular weight is 434 g/mol. The van der Waals surface area contributed by atoms with Crippen molar-refractivity contribution in [3.05, 3.63) is 24.2 Å². The molecule has 1 saturated heterocycles. The second kappa shape index (κ2) is 8.32. The summed E-state index contributed by atoms with van der Waals surface area (Å²) in [4.78, 5) is 16.3. The third-order valence-electron chi connectivity index (χ3n) is 6.45. The molecule has 2 fully saturated rings. The molecule has 7 N–H and O–H groups in total. The van der Waals surface area contributed by atoms with Gasteiger partial charge in [-0.25, -0.2) is 9.50 Å². The van der Waals surface area contributed by atoms with Crippen molar-refractivity contribution in [3.8, 4) is 0 Å². The number of hydrogen-bond donors (Lipinski definition) is 5. The molecular weight excluding hydrogens is 404 g/mol. The highest BCUT2D eigenvalue weighted by atomic mass is 16.6. The van der Waals surface area contributed by atoms with Crippen LogP contribution in [0.4, 0.5) is 5.82 Å². The van der Waals surface area contributed by atoms with Crippen molar-refractivity contribution in [2.45, 2.75) is 68.1 Å². The number of rotatable bonds is 6. The second-order valence-electron chi connectivity index (χ2n) is 8.52. The van der Waals surface area contributed by atoms with Crippen LogP contribution < -0.4 is 16.8 Å². The first-order valence-electron chi connectivity index (χ1n) is 10.6. The topological polar surface area (TPSA) is 170 Å². The number of anilines is 1. The molecule has 11 nitrogen and oxygen atoms in total. The fourth-order valence-corrected chi connectivity index (χ4v) is 4.68. The van der Waals surface area contributed by atoms with E-state index in [-0.39, 0.29) is 18.8 Å². The molecule has 0 spiro atoms. The van der Waals surface area contributed by atoms with Gasteiger partial charge in [0.05, 0.1) is 12.1 Å². The third-order valence-corrected chi connectivity index (χ3v) is 6.45. The number of aromatic nitrogens is 3. The van der Waals surface area contributed by atoms with Gasteiger partial charge in [0.2, 0.25) is 0 Å². The summed E-state index contributed by atoms with van der Waals surface area (Å²) in [5.41, 5.74) is 11.2. The van der Waals surface area contributed by atoms with Gasteiger partial charge in [-0.1, -0.05) is 19.3 Å². The summed E-state index contributed by atoms with van der Waals surface area (Å²) in [7, 11) is 1.59. The number of nitrogens with two attached hydrogens (primary N) is 2. The van der Waals surface area contributed by atoms with Crippen molar-refractivity contribution in [2.24, 2.45) is 5.73 Å². The van der Waals surface area contributed by atoms with E-state index in [0.717, 1.165) is 32.1 Å². The molecule has 2 aliphatic rings. The predicted octanol–water partition coefficient (Wildman–Crippen LogP) is -0.601. The van der Waals surface area contributed by atoms with Gasteiger partial charge in [-0.2, -0.15) is 5.10 Å². The van der Waals surface area contributed by atoms with Crippen molar-refractivity contribution in [1.29, 1.82) is 0 Å². The summed E-state index contributed by atoms with van der Waals surface area (Å²) in [6.07, 6.45) is 2.53. The quantitative estimate of drug-likeness (QED) is 0.370. The minimum atomic E-state index is -1.48.